The van der Waals surface area contributed by atoms with E-state index in [1.807, 2.05) is 7.05 Å². The SMILES string of the molecule is CCCNC(=O)CN1CCC(NC(=NC)NCc2cccc3ccccc23)CC1. The van der Waals surface area contributed by atoms with E-state index in [2.05, 4.69) is 75.2 Å². The van der Waals surface area contributed by atoms with Gasteiger partial charge in [-0.15, -0.1) is 0 Å². The lowest BCUT2D eigenvalue weighted by atomic mass is 10.0. The van der Waals surface area contributed by atoms with Gasteiger partial charge >= 0.3 is 0 Å². The molecule has 1 aliphatic heterocycles. The number of hydrogen-bond acceptors (Lipinski definition) is 3. The van der Waals surface area contributed by atoms with Gasteiger partial charge in [-0.3, -0.25) is 14.7 Å². The summed E-state index contributed by atoms with van der Waals surface area (Å²) in [5.41, 5.74) is 1.26. The van der Waals surface area contributed by atoms with Gasteiger partial charge in [0.2, 0.25) is 5.91 Å². The molecule has 6 heteroatoms. The first kappa shape index (κ1) is 21.1. The van der Waals surface area contributed by atoms with Gasteiger partial charge in [0, 0.05) is 39.3 Å². The van der Waals surface area contributed by atoms with Crippen molar-refractivity contribution in [2.45, 2.75) is 38.8 Å². The topological polar surface area (TPSA) is 68.8 Å². The molecule has 2 aromatic carbocycles. The molecule has 2 aromatic rings. The van der Waals surface area contributed by atoms with E-state index in [4.69, 9.17) is 0 Å². The Hall–Kier alpha value is -2.60. The van der Waals surface area contributed by atoms with Crippen LogP contribution in [0.5, 0.6) is 0 Å². The first-order chi connectivity index (χ1) is 14.2. The molecular weight excluding hydrogens is 362 g/mol. The van der Waals surface area contributed by atoms with Crippen molar-refractivity contribution < 1.29 is 4.79 Å². The van der Waals surface area contributed by atoms with E-state index in [-0.39, 0.29) is 5.91 Å². The van der Waals surface area contributed by atoms with E-state index in [1.54, 1.807) is 0 Å². The highest BCUT2D eigenvalue weighted by Crippen LogP contribution is 2.18. The average Bonchev–Trinajstić information content (AvgIpc) is 2.76. The summed E-state index contributed by atoms with van der Waals surface area (Å²) in [6.45, 7) is 5.92. The Kier molecular flexibility index (Phi) is 7.87. The second-order valence-electron chi connectivity index (χ2n) is 7.61. The van der Waals surface area contributed by atoms with Crippen LogP contribution in [0.4, 0.5) is 0 Å². The zero-order valence-corrected chi connectivity index (χ0v) is 17.6. The van der Waals surface area contributed by atoms with Crippen molar-refractivity contribution >= 4 is 22.6 Å². The number of aliphatic imine (C=N–C) groups is 1. The molecule has 1 aliphatic rings. The molecule has 156 valence electrons. The van der Waals surface area contributed by atoms with Crippen molar-refractivity contribution in [3.63, 3.8) is 0 Å². The van der Waals surface area contributed by atoms with Crippen LogP contribution in [0.2, 0.25) is 0 Å². The van der Waals surface area contributed by atoms with Crippen molar-refractivity contribution in [1.82, 2.24) is 20.9 Å². The highest BCUT2D eigenvalue weighted by atomic mass is 16.2. The smallest absolute Gasteiger partial charge is 0.234 e. The minimum Gasteiger partial charge on any atom is -0.355 e. The second-order valence-corrected chi connectivity index (χ2v) is 7.61. The summed E-state index contributed by atoms with van der Waals surface area (Å²) >= 11 is 0. The number of carbonyl (C=O) groups excluding carboxylic acids is 1. The number of carbonyl (C=O) groups is 1. The van der Waals surface area contributed by atoms with E-state index < -0.39 is 0 Å². The first-order valence-electron chi connectivity index (χ1n) is 10.6. The lowest BCUT2D eigenvalue weighted by Gasteiger charge is -2.32. The number of fused-ring (bicyclic) bond motifs is 1. The van der Waals surface area contributed by atoms with Crippen LogP contribution in [-0.2, 0) is 11.3 Å². The lowest BCUT2D eigenvalue weighted by molar-refractivity contribution is -0.122. The Morgan fingerprint density at radius 2 is 1.86 bits per heavy atom. The number of likely N-dealkylation sites (tertiary alicyclic amines) is 1. The minimum absolute atomic E-state index is 0.130. The fourth-order valence-electron chi connectivity index (χ4n) is 3.77. The molecule has 3 rings (SSSR count). The molecule has 1 fully saturated rings. The van der Waals surface area contributed by atoms with Gasteiger partial charge in [-0.2, -0.15) is 0 Å². The van der Waals surface area contributed by atoms with Crippen LogP contribution < -0.4 is 16.0 Å². The van der Waals surface area contributed by atoms with Gasteiger partial charge in [-0.25, -0.2) is 0 Å². The summed E-state index contributed by atoms with van der Waals surface area (Å²) in [5, 5.41) is 12.5. The third-order valence-electron chi connectivity index (χ3n) is 5.42. The minimum atomic E-state index is 0.130. The van der Waals surface area contributed by atoms with Crippen LogP contribution in [0.15, 0.2) is 47.5 Å². The van der Waals surface area contributed by atoms with Gasteiger partial charge in [0.15, 0.2) is 5.96 Å². The molecule has 0 spiro atoms. The van der Waals surface area contributed by atoms with Crippen LogP contribution in [-0.4, -0.2) is 56.0 Å². The van der Waals surface area contributed by atoms with Gasteiger partial charge in [-0.05, 0) is 35.6 Å². The van der Waals surface area contributed by atoms with Crippen molar-refractivity contribution in [2.24, 2.45) is 4.99 Å². The lowest BCUT2D eigenvalue weighted by Crippen LogP contribution is -2.50. The van der Waals surface area contributed by atoms with Gasteiger partial charge in [0.1, 0.15) is 0 Å². The van der Waals surface area contributed by atoms with Crippen molar-refractivity contribution in [3.05, 3.63) is 48.0 Å². The number of rotatable bonds is 7. The van der Waals surface area contributed by atoms with Crippen molar-refractivity contribution in [1.29, 1.82) is 0 Å². The van der Waals surface area contributed by atoms with Crippen LogP contribution in [0.1, 0.15) is 31.7 Å². The Balaban J connectivity index is 1.46. The molecule has 0 atom stereocenters. The molecule has 29 heavy (non-hydrogen) atoms. The highest BCUT2D eigenvalue weighted by molar-refractivity contribution is 5.86. The molecule has 0 bridgehead atoms. The maximum Gasteiger partial charge on any atom is 0.234 e. The zero-order chi connectivity index (χ0) is 20.5. The molecule has 1 amide bonds. The van der Waals surface area contributed by atoms with E-state index in [0.29, 0.717) is 12.6 Å². The van der Waals surface area contributed by atoms with Crippen LogP contribution >= 0.6 is 0 Å². The quantitative estimate of drug-likeness (QED) is 0.498. The number of nitrogens with one attached hydrogen (secondary N) is 3. The predicted molar refractivity (Wildman–Crippen MR) is 120 cm³/mol. The van der Waals surface area contributed by atoms with Crippen LogP contribution in [0.3, 0.4) is 0 Å². The fourth-order valence-corrected chi connectivity index (χ4v) is 3.77. The van der Waals surface area contributed by atoms with Crippen LogP contribution in [0, 0.1) is 0 Å². The number of hydrogen-bond donors (Lipinski definition) is 3. The molecular formula is C23H33N5O. The standard InChI is InChI=1S/C23H33N5O/c1-3-13-25-22(29)17-28-14-11-20(12-15-28)27-23(24-2)26-16-19-9-6-8-18-7-4-5-10-21(18)19/h4-10,20H,3,11-17H2,1-2H3,(H,25,29)(H2,24,26,27). The first-order valence-corrected chi connectivity index (χ1v) is 10.6. The summed E-state index contributed by atoms with van der Waals surface area (Å²) in [6, 6.07) is 15.2. The van der Waals surface area contributed by atoms with Gasteiger partial charge < -0.3 is 16.0 Å². The molecule has 0 aromatic heterocycles. The maximum atomic E-state index is 11.9. The maximum absolute atomic E-state index is 11.9. The Morgan fingerprint density at radius 3 is 2.62 bits per heavy atom. The normalized spacial score (nSPS) is 16.0. The Bertz CT molecular complexity index is 822. The summed E-state index contributed by atoms with van der Waals surface area (Å²) < 4.78 is 0. The molecule has 0 radical (unpaired) electrons. The molecule has 0 unspecified atom stereocenters. The average molecular weight is 396 g/mol. The third-order valence-corrected chi connectivity index (χ3v) is 5.42. The van der Waals surface area contributed by atoms with Crippen molar-refractivity contribution in [3.8, 4) is 0 Å². The van der Waals surface area contributed by atoms with E-state index in [9.17, 15) is 4.79 Å². The fraction of sp³-hybridized carbons (Fsp3) is 0.478. The zero-order valence-electron chi connectivity index (χ0n) is 17.6. The number of nitrogens with zero attached hydrogens (tertiary/aromatic N) is 2. The summed E-state index contributed by atoms with van der Waals surface area (Å²) in [7, 11) is 1.81. The molecule has 3 N–H and O–H groups in total. The second kappa shape index (κ2) is 10.8. The van der Waals surface area contributed by atoms with Crippen molar-refractivity contribution in [2.75, 3.05) is 33.2 Å². The molecule has 1 heterocycles. The number of piperidine rings is 1. The van der Waals surface area contributed by atoms with Gasteiger partial charge in [0.25, 0.3) is 0 Å². The van der Waals surface area contributed by atoms with E-state index in [1.165, 1.54) is 16.3 Å². The Labute approximate surface area is 173 Å². The molecule has 6 nitrogen and oxygen atoms in total. The van der Waals surface area contributed by atoms with Crippen LogP contribution in [0.25, 0.3) is 10.8 Å². The summed E-state index contributed by atoms with van der Waals surface area (Å²) in [5.74, 6) is 0.961. The predicted octanol–water partition coefficient (Wildman–Crippen LogP) is 2.50. The molecule has 1 saturated heterocycles. The highest BCUT2D eigenvalue weighted by Gasteiger charge is 2.21. The Morgan fingerprint density at radius 1 is 1.10 bits per heavy atom. The number of benzene rings is 2. The van der Waals surface area contributed by atoms with E-state index >= 15 is 0 Å². The largest absolute Gasteiger partial charge is 0.355 e. The number of amides is 1. The number of guanidine groups is 1. The summed E-state index contributed by atoms with van der Waals surface area (Å²) in [6.07, 6.45) is 2.99. The monoisotopic (exact) mass is 395 g/mol. The molecule has 0 aliphatic carbocycles. The molecule has 0 saturated carbocycles. The third kappa shape index (κ3) is 6.19. The van der Waals surface area contributed by atoms with Gasteiger partial charge in [-0.1, -0.05) is 49.4 Å². The summed E-state index contributed by atoms with van der Waals surface area (Å²) in [4.78, 5) is 18.5. The van der Waals surface area contributed by atoms with Gasteiger partial charge in [0.05, 0.1) is 6.54 Å². The van der Waals surface area contributed by atoms with E-state index in [0.717, 1.165) is 51.4 Å².